The van der Waals surface area contributed by atoms with E-state index in [0.29, 0.717) is 11.6 Å². The first-order valence-electron chi connectivity index (χ1n) is 8.10. The van der Waals surface area contributed by atoms with Crippen molar-refractivity contribution in [3.05, 3.63) is 35.0 Å². The molecule has 2 aromatic rings. The highest BCUT2D eigenvalue weighted by Gasteiger charge is 2.19. The summed E-state index contributed by atoms with van der Waals surface area (Å²) in [5, 5.41) is 4.25. The molecule has 0 spiro atoms. The molecule has 0 radical (unpaired) electrons. The van der Waals surface area contributed by atoms with Crippen molar-refractivity contribution in [3.63, 3.8) is 0 Å². The maximum Gasteiger partial charge on any atom is 0.268 e. The SMILES string of the molecule is Cc1ccc2[nH]c(C(=O)NC[C@H]3CCCN(C)C3)c(C)c2c1. The smallest absolute Gasteiger partial charge is 0.268 e. The van der Waals surface area contributed by atoms with E-state index >= 15 is 0 Å². The Morgan fingerprint density at radius 2 is 2.23 bits per heavy atom. The maximum atomic E-state index is 12.5. The Labute approximate surface area is 131 Å². The van der Waals surface area contributed by atoms with Crippen LogP contribution < -0.4 is 5.32 Å². The van der Waals surface area contributed by atoms with Crippen molar-refractivity contribution in [2.45, 2.75) is 26.7 Å². The van der Waals surface area contributed by atoms with Crippen LogP contribution in [0, 0.1) is 19.8 Å². The molecule has 1 aromatic carbocycles. The molecule has 1 amide bonds. The van der Waals surface area contributed by atoms with Gasteiger partial charge in [-0.1, -0.05) is 11.6 Å². The number of nitrogens with one attached hydrogen (secondary N) is 2. The first kappa shape index (κ1) is 15.1. The second-order valence-electron chi connectivity index (χ2n) is 6.65. The van der Waals surface area contributed by atoms with Crippen molar-refractivity contribution in [2.24, 2.45) is 5.92 Å². The van der Waals surface area contributed by atoms with Gasteiger partial charge in [-0.2, -0.15) is 0 Å². The van der Waals surface area contributed by atoms with Gasteiger partial charge in [0.05, 0.1) is 0 Å². The zero-order valence-electron chi connectivity index (χ0n) is 13.7. The number of nitrogens with zero attached hydrogens (tertiary/aromatic N) is 1. The van der Waals surface area contributed by atoms with Crippen LogP contribution >= 0.6 is 0 Å². The first-order valence-corrected chi connectivity index (χ1v) is 8.10. The molecule has 1 aliphatic heterocycles. The van der Waals surface area contributed by atoms with E-state index < -0.39 is 0 Å². The van der Waals surface area contributed by atoms with Gasteiger partial charge in [0.1, 0.15) is 5.69 Å². The molecule has 1 saturated heterocycles. The van der Waals surface area contributed by atoms with Crippen molar-refractivity contribution in [1.29, 1.82) is 0 Å². The van der Waals surface area contributed by atoms with Crippen LogP contribution in [0.2, 0.25) is 0 Å². The van der Waals surface area contributed by atoms with E-state index in [-0.39, 0.29) is 5.91 Å². The van der Waals surface area contributed by atoms with Crippen LogP contribution in [0.4, 0.5) is 0 Å². The normalized spacial score (nSPS) is 19.5. The van der Waals surface area contributed by atoms with Gasteiger partial charge in [-0.05, 0) is 63.9 Å². The van der Waals surface area contributed by atoms with E-state index in [0.717, 1.165) is 29.6 Å². The van der Waals surface area contributed by atoms with Gasteiger partial charge < -0.3 is 15.2 Å². The second kappa shape index (κ2) is 6.13. The van der Waals surface area contributed by atoms with Crippen LogP contribution in [0.15, 0.2) is 18.2 Å². The fraction of sp³-hybridized carbons (Fsp3) is 0.500. The van der Waals surface area contributed by atoms with Gasteiger partial charge in [0.25, 0.3) is 5.91 Å². The quantitative estimate of drug-likeness (QED) is 0.915. The molecule has 22 heavy (non-hydrogen) atoms. The highest BCUT2D eigenvalue weighted by Crippen LogP contribution is 2.23. The molecule has 0 unspecified atom stereocenters. The maximum absolute atomic E-state index is 12.5. The number of aromatic nitrogens is 1. The highest BCUT2D eigenvalue weighted by molar-refractivity contribution is 6.01. The average Bonchev–Trinajstić information content (AvgIpc) is 2.82. The van der Waals surface area contributed by atoms with E-state index in [1.54, 1.807) is 0 Å². The lowest BCUT2D eigenvalue weighted by atomic mass is 9.98. The lowest BCUT2D eigenvalue weighted by Crippen LogP contribution is -2.39. The minimum atomic E-state index is 0.0135. The minimum Gasteiger partial charge on any atom is -0.350 e. The monoisotopic (exact) mass is 299 g/mol. The lowest BCUT2D eigenvalue weighted by Gasteiger charge is -2.29. The van der Waals surface area contributed by atoms with Crippen LogP contribution in [0.5, 0.6) is 0 Å². The van der Waals surface area contributed by atoms with E-state index in [9.17, 15) is 4.79 Å². The first-order chi connectivity index (χ1) is 10.5. The molecule has 0 aliphatic carbocycles. The molecule has 4 nitrogen and oxygen atoms in total. The topological polar surface area (TPSA) is 48.1 Å². The molecule has 1 atom stereocenters. The summed E-state index contributed by atoms with van der Waals surface area (Å²) >= 11 is 0. The standard InChI is InChI=1S/C18H25N3O/c1-12-6-7-16-15(9-12)13(2)17(20-16)18(22)19-10-14-5-4-8-21(3)11-14/h6-7,9,14,20H,4-5,8,10-11H2,1-3H3,(H,19,22)/t14-/m1/s1. The third-order valence-corrected chi connectivity index (χ3v) is 4.71. The Kier molecular flexibility index (Phi) is 4.21. The molecule has 0 saturated carbocycles. The molecular weight excluding hydrogens is 274 g/mol. The number of rotatable bonds is 3. The lowest BCUT2D eigenvalue weighted by molar-refractivity contribution is 0.0932. The summed E-state index contributed by atoms with van der Waals surface area (Å²) in [6.07, 6.45) is 2.43. The van der Waals surface area contributed by atoms with Crippen LogP contribution in [-0.4, -0.2) is 42.5 Å². The van der Waals surface area contributed by atoms with E-state index in [1.165, 1.54) is 24.9 Å². The van der Waals surface area contributed by atoms with Gasteiger partial charge in [0.2, 0.25) is 0 Å². The molecule has 1 aliphatic rings. The van der Waals surface area contributed by atoms with Crippen molar-refractivity contribution in [3.8, 4) is 0 Å². The largest absolute Gasteiger partial charge is 0.350 e. The summed E-state index contributed by atoms with van der Waals surface area (Å²) in [6, 6.07) is 6.25. The van der Waals surface area contributed by atoms with Gasteiger partial charge in [-0.15, -0.1) is 0 Å². The molecule has 4 heteroatoms. The number of aryl methyl sites for hydroxylation is 2. The van der Waals surface area contributed by atoms with E-state index in [1.807, 2.05) is 13.0 Å². The molecule has 0 bridgehead atoms. The summed E-state index contributed by atoms with van der Waals surface area (Å²) in [5.74, 6) is 0.578. The number of H-pyrrole nitrogens is 1. The van der Waals surface area contributed by atoms with E-state index in [4.69, 9.17) is 0 Å². The molecule has 1 aromatic heterocycles. The van der Waals surface area contributed by atoms with Crippen molar-refractivity contribution in [1.82, 2.24) is 15.2 Å². The fourth-order valence-corrected chi connectivity index (χ4v) is 3.43. The molecule has 118 valence electrons. The minimum absolute atomic E-state index is 0.0135. The van der Waals surface area contributed by atoms with Gasteiger partial charge in [0, 0.05) is 24.0 Å². The van der Waals surface area contributed by atoms with Gasteiger partial charge in [0.15, 0.2) is 0 Å². The number of piperidine rings is 1. The number of carbonyl (C=O) groups is 1. The number of fused-ring (bicyclic) bond motifs is 1. The third-order valence-electron chi connectivity index (χ3n) is 4.71. The van der Waals surface area contributed by atoms with Crippen LogP contribution in [0.1, 0.15) is 34.5 Å². The molecular formula is C18H25N3O. The number of hydrogen-bond donors (Lipinski definition) is 2. The number of hydrogen-bond acceptors (Lipinski definition) is 2. The van der Waals surface area contributed by atoms with Crippen molar-refractivity contribution >= 4 is 16.8 Å². The zero-order chi connectivity index (χ0) is 15.7. The summed E-state index contributed by atoms with van der Waals surface area (Å²) < 4.78 is 0. The molecule has 3 rings (SSSR count). The summed E-state index contributed by atoms with van der Waals surface area (Å²) in [7, 11) is 2.15. The second-order valence-corrected chi connectivity index (χ2v) is 6.65. The summed E-state index contributed by atoms with van der Waals surface area (Å²) in [6.45, 7) is 7.10. The predicted molar refractivity (Wildman–Crippen MR) is 90.3 cm³/mol. The van der Waals surface area contributed by atoms with Gasteiger partial charge in [-0.3, -0.25) is 4.79 Å². The van der Waals surface area contributed by atoms with Gasteiger partial charge in [-0.25, -0.2) is 0 Å². The summed E-state index contributed by atoms with van der Waals surface area (Å²) in [4.78, 5) is 18.1. The summed E-state index contributed by atoms with van der Waals surface area (Å²) in [5.41, 5.74) is 3.99. The Bertz CT molecular complexity index is 689. The van der Waals surface area contributed by atoms with Crippen LogP contribution in [0.3, 0.4) is 0 Å². The van der Waals surface area contributed by atoms with Crippen molar-refractivity contribution in [2.75, 3.05) is 26.7 Å². The number of benzene rings is 1. The molecule has 1 fully saturated rings. The molecule has 2 heterocycles. The number of aromatic amines is 1. The predicted octanol–water partition coefficient (Wildman–Crippen LogP) is 2.86. The number of likely N-dealkylation sites (tertiary alicyclic amines) is 1. The number of carbonyl (C=O) groups excluding carboxylic acids is 1. The highest BCUT2D eigenvalue weighted by atomic mass is 16.1. The van der Waals surface area contributed by atoms with Crippen LogP contribution in [-0.2, 0) is 0 Å². The average molecular weight is 299 g/mol. The van der Waals surface area contributed by atoms with E-state index in [2.05, 4.69) is 41.3 Å². The Hall–Kier alpha value is -1.81. The molecule has 2 N–H and O–H groups in total. The Morgan fingerprint density at radius 3 is 3.00 bits per heavy atom. The fourth-order valence-electron chi connectivity index (χ4n) is 3.43. The Morgan fingerprint density at radius 1 is 1.41 bits per heavy atom. The number of amides is 1. The Balaban J connectivity index is 1.71. The van der Waals surface area contributed by atoms with Crippen LogP contribution in [0.25, 0.3) is 10.9 Å². The van der Waals surface area contributed by atoms with Gasteiger partial charge >= 0.3 is 0 Å². The third kappa shape index (κ3) is 3.02. The van der Waals surface area contributed by atoms with Crippen molar-refractivity contribution < 1.29 is 4.79 Å². The zero-order valence-corrected chi connectivity index (χ0v) is 13.7.